The molecule has 1 aliphatic rings. The Labute approximate surface area is 258 Å². The first-order chi connectivity index (χ1) is 21.6. The molecule has 1 fully saturated rings. The highest BCUT2D eigenvalue weighted by Gasteiger charge is 2.28. The number of nitrogens with one attached hydrogen (secondary N) is 2. The number of pyridine rings is 1. The van der Waals surface area contributed by atoms with Crippen molar-refractivity contribution in [1.29, 1.82) is 0 Å². The van der Waals surface area contributed by atoms with Crippen molar-refractivity contribution in [2.24, 2.45) is 4.99 Å². The maximum Gasteiger partial charge on any atom is 0.405 e. The number of aliphatic imine (C=N–C) groups is 1. The van der Waals surface area contributed by atoms with Crippen molar-refractivity contribution in [3.63, 3.8) is 0 Å². The van der Waals surface area contributed by atoms with Crippen LogP contribution in [-0.4, -0.2) is 74.0 Å². The molecule has 1 saturated heterocycles. The van der Waals surface area contributed by atoms with Gasteiger partial charge in [-0.15, -0.1) is 0 Å². The Morgan fingerprint density at radius 1 is 1.09 bits per heavy atom. The van der Waals surface area contributed by atoms with E-state index in [2.05, 4.69) is 32.0 Å². The van der Waals surface area contributed by atoms with Gasteiger partial charge in [0.2, 0.25) is 5.91 Å². The normalized spacial score (nSPS) is 12.3. The second-order valence-corrected chi connectivity index (χ2v) is 9.68. The van der Waals surface area contributed by atoms with Crippen LogP contribution in [0.5, 0.6) is 0 Å². The number of para-hydroxylation sites is 1. The number of alkyl halides is 3. The van der Waals surface area contributed by atoms with Crippen LogP contribution in [0.25, 0.3) is 33.6 Å². The number of imidazole rings is 2. The van der Waals surface area contributed by atoms with E-state index in [1.807, 2.05) is 18.2 Å². The highest BCUT2D eigenvalue weighted by atomic mass is 19.4. The zero-order chi connectivity index (χ0) is 33.0. The fourth-order valence-corrected chi connectivity index (χ4v) is 4.59. The van der Waals surface area contributed by atoms with Crippen LogP contribution in [0.15, 0.2) is 71.2 Å². The highest BCUT2D eigenvalue weighted by Crippen LogP contribution is 2.24. The summed E-state index contributed by atoms with van der Waals surface area (Å²) in [6.45, 7) is 9.37. The molecule has 1 aliphatic heterocycles. The summed E-state index contributed by atoms with van der Waals surface area (Å²) in [5.74, 6) is -0.624. The number of nitrogens with zero attached hydrogens (tertiary/aromatic N) is 7. The van der Waals surface area contributed by atoms with Crippen LogP contribution < -0.4 is 16.3 Å². The van der Waals surface area contributed by atoms with Crippen molar-refractivity contribution in [2.45, 2.75) is 46.3 Å². The molecule has 0 saturated carbocycles. The van der Waals surface area contributed by atoms with E-state index in [0.717, 1.165) is 15.6 Å². The Morgan fingerprint density at radius 3 is 2.40 bits per heavy atom. The van der Waals surface area contributed by atoms with Crippen LogP contribution in [0.2, 0.25) is 0 Å². The molecule has 0 radical (unpaired) electrons. The van der Waals surface area contributed by atoms with Gasteiger partial charge in [-0.25, -0.2) is 19.3 Å². The number of hydrogen-bond donors (Lipinski definition) is 2. The summed E-state index contributed by atoms with van der Waals surface area (Å²) >= 11 is 0. The third kappa shape index (κ3) is 8.85. The predicted molar refractivity (Wildman–Crippen MR) is 170 cm³/mol. The monoisotopic (exact) mass is 625 g/mol. The molecule has 11 nitrogen and oxygen atoms in total. The topological polar surface area (TPSA) is 124 Å². The first kappa shape index (κ1) is 34.6. The minimum atomic E-state index is -4.55. The Bertz CT molecular complexity index is 1750. The van der Waals surface area contributed by atoms with Crippen molar-refractivity contribution in [1.82, 2.24) is 39.1 Å². The van der Waals surface area contributed by atoms with E-state index < -0.39 is 30.9 Å². The number of aromatic nitrogens is 6. The first-order valence-corrected chi connectivity index (χ1v) is 14.5. The second kappa shape index (κ2) is 16.3. The molecular weight excluding hydrogens is 587 g/mol. The summed E-state index contributed by atoms with van der Waals surface area (Å²) in [5, 5.41) is 5.02. The molecule has 1 aromatic carbocycles. The number of carbonyl (C=O) groups is 1. The van der Waals surface area contributed by atoms with E-state index in [1.54, 1.807) is 80.7 Å². The van der Waals surface area contributed by atoms with Gasteiger partial charge in [-0.1, -0.05) is 26.0 Å². The first-order valence-electron chi connectivity index (χ1n) is 14.5. The molecule has 0 spiro atoms. The summed E-state index contributed by atoms with van der Waals surface area (Å²) in [6, 6.07) is 8.56. The lowest BCUT2D eigenvalue weighted by Gasteiger charge is -2.08. The van der Waals surface area contributed by atoms with Crippen molar-refractivity contribution in [2.75, 3.05) is 26.7 Å². The van der Waals surface area contributed by atoms with E-state index in [9.17, 15) is 22.8 Å². The summed E-state index contributed by atoms with van der Waals surface area (Å²) < 4.78 is 41.8. The van der Waals surface area contributed by atoms with E-state index in [-0.39, 0.29) is 0 Å². The number of carbonyl (C=O) groups excluding carboxylic acids is 1. The summed E-state index contributed by atoms with van der Waals surface area (Å²) in [7, 11) is 1.64. The van der Waals surface area contributed by atoms with Gasteiger partial charge in [-0.2, -0.15) is 13.2 Å². The fourth-order valence-electron chi connectivity index (χ4n) is 4.59. The molecule has 14 heteroatoms. The van der Waals surface area contributed by atoms with Gasteiger partial charge >= 0.3 is 11.9 Å². The van der Waals surface area contributed by atoms with Gasteiger partial charge in [0.25, 0.3) is 0 Å². The molecule has 0 atom stereocenters. The summed E-state index contributed by atoms with van der Waals surface area (Å²) in [5.41, 5.74) is 3.23. The molecule has 240 valence electrons. The summed E-state index contributed by atoms with van der Waals surface area (Å²) in [6.07, 6.45) is 6.56. The molecule has 6 rings (SSSR count). The van der Waals surface area contributed by atoms with Gasteiger partial charge in [0.05, 0.1) is 34.8 Å². The minimum Gasteiger partial charge on any atom is -0.345 e. The molecule has 45 heavy (non-hydrogen) atoms. The van der Waals surface area contributed by atoms with Crippen LogP contribution in [0.3, 0.4) is 0 Å². The Balaban J connectivity index is 0.000000481. The molecular formula is C31H38F3N9O2. The van der Waals surface area contributed by atoms with E-state index in [4.69, 9.17) is 0 Å². The Morgan fingerprint density at radius 2 is 1.80 bits per heavy atom. The molecule has 5 aromatic rings. The quantitative estimate of drug-likeness (QED) is 0.276. The highest BCUT2D eigenvalue weighted by molar-refractivity contribution is 5.84. The number of fused-ring (bicyclic) bond motifs is 2. The van der Waals surface area contributed by atoms with E-state index in [0.29, 0.717) is 28.1 Å². The zero-order valence-electron chi connectivity index (χ0n) is 25.8. The number of hydrogen-bond acceptors (Lipinski definition) is 7. The van der Waals surface area contributed by atoms with Gasteiger partial charge < -0.3 is 20.0 Å². The number of rotatable bonds is 5. The number of benzene rings is 1. The molecule has 0 aliphatic carbocycles. The maximum absolute atomic E-state index is 13.3. The average Bonchev–Trinajstić information content (AvgIpc) is 3.81. The predicted octanol–water partition coefficient (Wildman–Crippen LogP) is 4.60. The van der Waals surface area contributed by atoms with Crippen molar-refractivity contribution in [3.8, 4) is 17.1 Å². The maximum atomic E-state index is 13.3. The SMILES string of the molecule is C1CCNC1.C=NC.CC.Cc1cccc2c1n(-c1ccc(-c3nccn4cncc34)cn1)c(=O)n2CC(=O)NCC(F)(F)F. The van der Waals surface area contributed by atoms with E-state index in [1.165, 1.54) is 30.5 Å². The van der Waals surface area contributed by atoms with Crippen LogP contribution >= 0.6 is 0 Å². The Hall–Kier alpha value is -4.85. The molecule has 2 N–H and O–H groups in total. The fraction of sp³-hybridized carbons (Fsp3) is 0.355. The molecule has 0 unspecified atom stereocenters. The zero-order valence-corrected chi connectivity index (χ0v) is 25.8. The third-order valence-electron chi connectivity index (χ3n) is 6.49. The molecule has 5 heterocycles. The van der Waals surface area contributed by atoms with Crippen LogP contribution in [-0.2, 0) is 11.3 Å². The average molecular weight is 626 g/mol. The van der Waals surface area contributed by atoms with Crippen LogP contribution in [0, 0.1) is 6.92 Å². The summed E-state index contributed by atoms with van der Waals surface area (Å²) in [4.78, 5) is 41.7. The third-order valence-corrected chi connectivity index (χ3v) is 6.49. The number of halogens is 3. The number of amides is 1. The van der Waals surface area contributed by atoms with E-state index >= 15 is 0 Å². The second-order valence-electron chi connectivity index (χ2n) is 9.68. The lowest BCUT2D eigenvalue weighted by Crippen LogP contribution is -2.38. The Kier molecular flexibility index (Phi) is 12.5. The van der Waals surface area contributed by atoms with Gasteiger partial charge in [0, 0.05) is 31.2 Å². The lowest BCUT2D eigenvalue weighted by atomic mass is 10.2. The van der Waals surface area contributed by atoms with Gasteiger partial charge in [0.1, 0.15) is 18.9 Å². The standard InChI is InChI=1S/C23H18F3N7O2.C4H9N.C2H5N.C2H6/c1-14-3-2-4-16-21(14)33(22(35)32(16)11-19(34)30-12-23(24,25)26)18-6-5-15(9-29-18)20-17-10-27-13-31(17)8-7-28-20;1-2-4-5-3-1;1-3-2;1-2/h2-10,13H,11-12H2,1H3,(H,30,34);5H,1-4H2;1H2,2H3;1-2H3. The largest absolute Gasteiger partial charge is 0.405 e. The van der Waals surface area contributed by atoms with Crippen LogP contribution in [0.1, 0.15) is 32.3 Å². The minimum absolute atomic E-state index is 0.299. The molecule has 4 aromatic heterocycles. The van der Waals surface area contributed by atoms with Crippen LogP contribution in [0.4, 0.5) is 13.2 Å². The number of aryl methyl sites for hydroxylation is 1. The molecule has 0 bridgehead atoms. The van der Waals surface area contributed by atoms with Gasteiger partial charge in [0.15, 0.2) is 0 Å². The van der Waals surface area contributed by atoms with Crippen molar-refractivity contribution in [3.05, 3.63) is 77.5 Å². The molecule has 1 amide bonds. The van der Waals surface area contributed by atoms with Crippen molar-refractivity contribution < 1.29 is 18.0 Å². The van der Waals surface area contributed by atoms with Gasteiger partial charge in [-0.05, 0) is 63.3 Å². The smallest absolute Gasteiger partial charge is 0.345 e. The van der Waals surface area contributed by atoms with Crippen molar-refractivity contribution >= 4 is 29.2 Å². The lowest BCUT2D eigenvalue weighted by molar-refractivity contribution is -0.138. The van der Waals surface area contributed by atoms with Gasteiger partial charge in [-0.3, -0.25) is 14.3 Å².